The van der Waals surface area contributed by atoms with Gasteiger partial charge in [0, 0.05) is 24.2 Å². The second-order valence-electron chi connectivity index (χ2n) is 5.46. The molecule has 0 unspecified atom stereocenters. The number of nitrogens with one attached hydrogen (secondary N) is 1. The molecule has 6 heteroatoms. The van der Waals surface area contributed by atoms with E-state index < -0.39 is 0 Å². The fraction of sp³-hybridized carbons (Fsp3) is 0.467. The standard InChI is InChI=1S/C15H19ClN2O3/c1-18(9-10-5-13(19)6-10)14(20)8-17-15(21)11-3-2-4-12(16)7-11/h2-4,7,10,13,19H,5-6,8-9H2,1H3,(H,17,21). The van der Waals surface area contributed by atoms with Gasteiger partial charge in [-0.15, -0.1) is 0 Å². The zero-order valence-corrected chi connectivity index (χ0v) is 12.6. The number of aliphatic hydroxyl groups excluding tert-OH is 1. The first-order chi connectivity index (χ1) is 9.95. The number of aliphatic hydroxyl groups is 1. The minimum Gasteiger partial charge on any atom is -0.393 e. The highest BCUT2D eigenvalue weighted by Gasteiger charge is 2.29. The van der Waals surface area contributed by atoms with E-state index in [2.05, 4.69) is 5.32 Å². The maximum Gasteiger partial charge on any atom is 0.251 e. The van der Waals surface area contributed by atoms with Crippen LogP contribution in [0.4, 0.5) is 0 Å². The van der Waals surface area contributed by atoms with Crippen LogP contribution in [0.1, 0.15) is 23.2 Å². The Kier molecular flexibility index (Phi) is 5.20. The lowest BCUT2D eigenvalue weighted by Gasteiger charge is -2.34. The highest BCUT2D eigenvalue weighted by Crippen LogP contribution is 2.27. The Morgan fingerprint density at radius 2 is 2.14 bits per heavy atom. The summed E-state index contributed by atoms with van der Waals surface area (Å²) in [4.78, 5) is 25.4. The summed E-state index contributed by atoms with van der Waals surface area (Å²) in [5.41, 5.74) is 0.431. The molecule has 1 fully saturated rings. The molecular weight excluding hydrogens is 292 g/mol. The zero-order valence-electron chi connectivity index (χ0n) is 11.9. The van der Waals surface area contributed by atoms with Gasteiger partial charge in [0.05, 0.1) is 12.6 Å². The monoisotopic (exact) mass is 310 g/mol. The van der Waals surface area contributed by atoms with Gasteiger partial charge >= 0.3 is 0 Å². The van der Waals surface area contributed by atoms with Crippen LogP contribution in [0.5, 0.6) is 0 Å². The minimum absolute atomic E-state index is 0.0445. The third kappa shape index (κ3) is 4.44. The molecule has 0 aromatic heterocycles. The molecule has 1 aromatic rings. The molecule has 1 aliphatic carbocycles. The maximum absolute atomic E-state index is 11.9. The number of carbonyl (C=O) groups excluding carboxylic acids is 2. The summed E-state index contributed by atoms with van der Waals surface area (Å²) in [6.07, 6.45) is 1.26. The Bertz CT molecular complexity index is 529. The normalized spacial score (nSPS) is 20.5. The zero-order chi connectivity index (χ0) is 15.4. The molecular formula is C15H19ClN2O3. The van der Waals surface area contributed by atoms with Crippen LogP contribution < -0.4 is 5.32 Å². The van der Waals surface area contributed by atoms with E-state index in [1.807, 2.05) is 0 Å². The Morgan fingerprint density at radius 1 is 1.43 bits per heavy atom. The number of benzene rings is 1. The van der Waals surface area contributed by atoms with Gasteiger partial charge in [0.15, 0.2) is 0 Å². The first kappa shape index (κ1) is 15.8. The Morgan fingerprint density at radius 3 is 2.76 bits per heavy atom. The molecule has 114 valence electrons. The molecule has 21 heavy (non-hydrogen) atoms. The molecule has 2 amide bonds. The van der Waals surface area contributed by atoms with Crippen LogP contribution >= 0.6 is 11.6 Å². The van der Waals surface area contributed by atoms with Crippen molar-refractivity contribution >= 4 is 23.4 Å². The van der Waals surface area contributed by atoms with Crippen LogP contribution in [0.2, 0.25) is 5.02 Å². The van der Waals surface area contributed by atoms with Gasteiger partial charge in [0.25, 0.3) is 5.91 Å². The lowest BCUT2D eigenvalue weighted by molar-refractivity contribution is -0.130. The van der Waals surface area contributed by atoms with Gasteiger partial charge in [-0.1, -0.05) is 17.7 Å². The molecule has 0 spiro atoms. The number of amides is 2. The first-order valence-corrected chi connectivity index (χ1v) is 7.29. The lowest BCUT2D eigenvalue weighted by atomic mass is 9.82. The molecule has 0 heterocycles. The van der Waals surface area contributed by atoms with Crippen LogP contribution in [0.3, 0.4) is 0 Å². The summed E-state index contributed by atoms with van der Waals surface area (Å²) < 4.78 is 0. The van der Waals surface area contributed by atoms with Crippen molar-refractivity contribution in [1.29, 1.82) is 0 Å². The van der Waals surface area contributed by atoms with Crippen molar-refractivity contribution in [2.45, 2.75) is 18.9 Å². The molecule has 0 aliphatic heterocycles. The van der Waals surface area contributed by atoms with E-state index in [0.717, 1.165) is 12.8 Å². The van der Waals surface area contributed by atoms with Crippen molar-refractivity contribution < 1.29 is 14.7 Å². The number of rotatable bonds is 5. The number of hydrogen-bond acceptors (Lipinski definition) is 3. The summed E-state index contributed by atoms with van der Waals surface area (Å²) in [6.45, 7) is 0.569. The summed E-state index contributed by atoms with van der Waals surface area (Å²) >= 11 is 5.82. The quantitative estimate of drug-likeness (QED) is 0.861. The number of hydrogen-bond donors (Lipinski definition) is 2. The molecule has 2 rings (SSSR count). The molecule has 5 nitrogen and oxygen atoms in total. The van der Waals surface area contributed by atoms with Crippen LogP contribution in [-0.4, -0.2) is 48.1 Å². The Balaban J connectivity index is 1.76. The molecule has 1 saturated carbocycles. The highest BCUT2D eigenvalue weighted by atomic mass is 35.5. The van der Waals surface area contributed by atoms with Gasteiger partial charge in [-0.3, -0.25) is 9.59 Å². The van der Waals surface area contributed by atoms with Gasteiger partial charge in [-0.25, -0.2) is 0 Å². The average molecular weight is 311 g/mol. The number of nitrogens with zero attached hydrogens (tertiary/aromatic N) is 1. The first-order valence-electron chi connectivity index (χ1n) is 6.91. The van der Waals surface area contributed by atoms with E-state index in [1.54, 1.807) is 36.2 Å². The second kappa shape index (κ2) is 6.91. The van der Waals surface area contributed by atoms with E-state index in [1.165, 1.54) is 0 Å². The third-order valence-corrected chi connectivity index (χ3v) is 3.89. The summed E-state index contributed by atoms with van der Waals surface area (Å²) in [5, 5.41) is 12.3. The van der Waals surface area contributed by atoms with E-state index in [9.17, 15) is 14.7 Å². The smallest absolute Gasteiger partial charge is 0.251 e. The van der Waals surface area contributed by atoms with Crippen LogP contribution in [0.15, 0.2) is 24.3 Å². The molecule has 0 atom stereocenters. The van der Waals surface area contributed by atoms with Gasteiger partial charge in [0.2, 0.25) is 5.91 Å². The van der Waals surface area contributed by atoms with E-state index >= 15 is 0 Å². The van der Waals surface area contributed by atoms with Crippen molar-refractivity contribution in [1.82, 2.24) is 10.2 Å². The van der Waals surface area contributed by atoms with Gasteiger partial charge in [-0.2, -0.15) is 0 Å². The van der Waals surface area contributed by atoms with Crippen molar-refractivity contribution in [3.63, 3.8) is 0 Å². The summed E-state index contributed by atoms with van der Waals surface area (Å²) in [6, 6.07) is 6.57. The van der Waals surface area contributed by atoms with Crippen molar-refractivity contribution in [2.24, 2.45) is 5.92 Å². The number of likely N-dealkylation sites (N-methyl/N-ethyl adjacent to an activating group) is 1. The molecule has 0 bridgehead atoms. The van der Waals surface area contributed by atoms with E-state index in [-0.39, 0.29) is 24.5 Å². The highest BCUT2D eigenvalue weighted by molar-refractivity contribution is 6.30. The van der Waals surface area contributed by atoms with Crippen molar-refractivity contribution in [2.75, 3.05) is 20.1 Å². The predicted molar refractivity (Wildman–Crippen MR) is 80.2 cm³/mol. The molecule has 2 N–H and O–H groups in total. The van der Waals surface area contributed by atoms with Crippen LogP contribution in [0, 0.1) is 5.92 Å². The fourth-order valence-electron chi connectivity index (χ4n) is 2.36. The predicted octanol–water partition coefficient (Wildman–Crippen LogP) is 1.30. The van der Waals surface area contributed by atoms with Crippen molar-refractivity contribution in [3.8, 4) is 0 Å². The summed E-state index contributed by atoms with van der Waals surface area (Å²) in [5.74, 6) is -0.109. The second-order valence-corrected chi connectivity index (χ2v) is 5.89. The Hall–Kier alpha value is -1.59. The molecule has 0 saturated heterocycles. The maximum atomic E-state index is 11.9. The molecule has 1 aliphatic rings. The van der Waals surface area contributed by atoms with E-state index in [4.69, 9.17) is 11.6 Å². The lowest BCUT2D eigenvalue weighted by Crippen LogP contribution is -2.43. The van der Waals surface area contributed by atoms with Gasteiger partial charge in [-0.05, 0) is 37.0 Å². The molecule has 1 aromatic carbocycles. The third-order valence-electron chi connectivity index (χ3n) is 3.66. The fourth-order valence-corrected chi connectivity index (χ4v) is 2.55. The average Bonchev–Trinajstić information content (AvgIpc) is 2.42. The van der Waals surface area contributed by atoms with Crippen LogP contribution in [-0.2, 0) is 4.79 Å². The molecule has 0 radical (unpaired) electrons. The van der Waals surface area contributed by atoms with E-state index in [0.29, 0.717) is 23.0 Å². The largest absolute Gasteiger partial charge is 0.393 e. The Labute approximate surface area is 128 Å². The SMILES string of the molecule is CN(CC1CC(O)C1)C(=O)CNC(=O)c1cccc(Cl)c1. The number of halogens is 1. The number of carbonyl (C=O) groups is 2. The van der Waals surface area contributed by atoms with Crippen LogP contribution in [0.25, 0.3) is 0 Å². The minimum atomic E-state index is -0.321. The van der Waals surface area contributed by atoms with Gasteiger partial charge < -0.3 is 15.3 Å². The van der Waals surface area contributed by atoms with Gasteiger partial charge in [0.1, 0.15) is 0 Å². The summed E-state index contributed by atoms with van der Waals surface area (Å²) in [7, 11) is 1.71. The van der Waals surface area contributed by atoms with Crippen molar-refractivity contribution in [3.05, 3.63) is 34.9 Å². The topological polar surface area (TPSA) is 69.6 Å².